The van der Waals surface area contributed by atoms with Crippen LogP contribution < -0.4 is 10.6 Å². The van der Waals surface area contributed by atoms with Crippen LogP contribution >= 0.6 is 22.9 Å². The van der Waals surface area contributed by atoms with Crippen molar-refractivity contribution in [1.29, 1.82) is 0 Å². The minimum absolute atomic E-state index is 0.267. The Morgan fingerprint density at radius 1 is 1.29 bits per heavy atom. The number of nitrogens with one attached hydrogen (secondary N) is 2. The van der Waals surface area contributed by atoms with Crippen LogP contribution in [0.1, 0.15) is 42.4 Å². The van der Waals surface area contributed by atoms with Crippen molar-refractivity contribution < 1.29 is 14.3 Å². The number of aryl methyl sites for hydroxylation is 1. The molecule has 1 saturated heterocycles. The number of carbonyl (C=O) groups is 2. The number of nitrogens with zero attached hydrogens (tertiary/aromatic N) is 4. The summed E-state index contributed by atoms with van der Waals surface area (Å²) < 4.78 is 7.32. The maximum absolute atomic E-state index is 12.6. The van der Waals surface area contributed by atoms with Crippen molar-refractivity contribution in [3.05, 3.63) is 52.1 Å². The van der Waals surface area contributed by atoms with Crippen LogP contribution in [-0.2, 0) is 11.3 Å². The lowest BCUT2D eigenvalue weighted by Gasteiger charge is -2.24. The minimum Gasteiger partial charge on any atom is -0.444 e. The first-order valence-corrected chi connectivity index (χ1v) is 12.6. The molecule has 2 aromatic heterocycles. The zero-order valence-corrected chi connectivity index (χ0v) is 21.7. The van der Waals surface area contributed by atoms with E-state index < -0.39 is 5.60 Å². The number of hydrogen-bond donors (Lipinski definition) is 2. The van der Waals surface area contributed by atoms with Gasteiger partial charge in [-0.2, -0.15) is 5.10 Å². The maximum Gasteiger partial charge on any atom is 0.410 e. The van der Waals surface area contributed by atoms with Crippen LogP contribution in [0.15, 0.2) is 36.7 Å². The Bertz CT molecular complexity index is 1200. The number of ether oxygens (including phenoxy) is 1. The largest absolute Gasteiger partial charge is 0.444 e. The Balaban J connectivity index is 1.30. The van der Waals surface area contributed by atoms with E-state index in [1.807, 2.05) is 56.8 Å². The summed E-state index contributed by atoms with van der Waals surface area (Å²) in [6, 6.07) is 7.32. The molecule has 1 unspecified atom stereocenters. The number of hydrogen-bond acceptors (Lipinski definition) is 7. The Kier molecular flexibility index (Phi) is 7.32. The fourth-order valence-corrected chi connectivity index (χ4v) is 4.77. The summed E-state index contributed by atoms with van der Waals surface area (Å²) >= 11 is 7.44. The second-order valence-electron chi connectivity index (χ2n) is 9.54. The molecule has 186 valence electrons. The molecular formula is C24H29ClN6O3S. The first-order valence-electron chi connectivity index (χ1n) is 11.4. The molecule has 2 N–H and O–H groups in total. The molecule has 35 heavy (non-hydrogen) atoms. The smallest absolute Gasteiger partial charge is 0.410 e. The van der Waals surface area contributed by atoms with Crippen LogP contribution in [0.25, 0.3) is 0 Å². The molecule has 0 saturated carbocycles. The van der Waals surface area contributed by atoms with E-state index in [1.54, 1.807) is 11.0 Å². The quantitative estimate of drug-likeness (QED) is 0.445. The number of benzene rings is 1. The number of likely N-dealkylation sites (tertiary alicyclic amines) is 1. The van der Waals surface area contributed by atoms with Crippen molar-refractivity contribution in [3.63, 3.8) is 0 Å². The van der Waals surface area contributed by atoms with Gasteiger partial charge < -0.3 is 20.3 Å². The molecule has 4 rings (SSSR count). The minimum atomic E-state index is -0.498. The Morgan fingerprint density at radius 2 is 2.09 bits per heavy atom. The average molecular weight is 517 g/mol. The van der Waals surface area contributed by atoms with Crippen LogP contribution in [0.4, 0.5) is 21.4 Å². The predicted octanol–water partition coefficient (Wildman–Crippen LogP) is 5.55. The second-order valence-corrected chi connectivity index (χ2v) is 11.0. The maximum atomic E-state index is 12.6. The lowest BCUT2D eigenvalue weighted by molar-refractivity contribution is 0.0286. The van der Waals surface area contributed by atoms with Gasteiger partial charge in [0.05, 0.1) is 16.9 Å². The Labute approximate surface area is 213 Å². The van der Waals surface area contributed by atoms with Gasteiger partial charge in [-0.25, -0.2) is 9.78 Å². The normalized spacial score (nSPS) is 15.8. The van der Waals surface area contributed by atoms with Crippen molar-refractivity contribution in [2.24, 2.45) is 5.92 Å². The second kappa shape index (κ2) is 10.2. The van der Waals surface area contributed by atoms with Gasteiger partial charge in [0.1, 0.15) is 10.5 Å². The number of thiazole rings is 1. The van der Waals surface area contributed by atoms with Crippen LogP contribution in [0.3, 0.4) is 0 Å². The lowest BCUT2D eigenvalue weighted by Crippen LogP contribution is -2.35. The number of rotatable bonds is 6. The van der Waals surface area contributed by atoms with E-state index in [-0.39, 0.29) is 12.0 Å². The van der Waals surface area contributed by atoms with Gasteiger partial charge in [-0.05, 0) is 51.7 Å². The van der Waals surface area contributed by atoms with E-state index in [0.29, 0.717) is 52.1 Å². The zero-order chi connectivity index (χ0) is 25.2. The van der Waals surface area contributed by atoms with E-state index in [4.69, 9.17) is 16.3 Å². The summed E-state index contributed by atoms with van der Waals surface area (Å²) in [5.41, 5.74) is 0.982. The number of para-hydroxylation sites is 1. The molecule has 1 aliphatic rings. The standard InChI is InChI=1S/C24H29ClN6O3S/c1-15-6-5-7-17(25)20(15)28-21(32)18-12-26-22(35-18)27-19-9-11-31(29-19)14-16-8-10-30(13-16)23(33)34-24(2,3)4/h5-7,9,11-12,16H,8,10,13-14H2,1-4H3,(H,28,32)(H,26,27,29). The van der Waals surface area contributed by atoms with Gasteiger partial charge in [-0.3, -0.25) is 9.48 Å². The van der Waals surface area contributed by atoms with Gasteiger partial charge in [-0.1, -0.05) is 35.1 Å². The zero-order valence-electron chi connectivity index (χ0n) is 20.2. The van der Waals surface area contributed by atoms with Gasteiger partial charge in [-0.15, -0.1) is 0 Å². The predicted molar refractivity (Wildman–Crippen MR) is 138 cm³/mol. The third-order valence-electron chi connectivity index (χ3n) is 5.45. The molecule has 2 amide bonds. The highest BCUT2D eigenvalue weighted by Gasteiger charge is 2.30. The number of amides is 2. The molecule has 0 bridgehead atoms. The third kappa shape index (κ3) is 6.52. The van der Waals surface area contributed by atoms with Gasteiger partial charge in [0.2, 0.25) is 0 Å². The number of anilines is 3. The Hall–Kier alpha value is -3.11. The van der Waals surface area contributed by atoms with Gasteiger partial charge in [0, 0.05) is 31.9 Å². The van der Waals surface area contributed by atoms with Crippen LogP contribution in [-0.4, -0.2) is 50.4 Å². The summed E-state index contributed by atoms with van der Waals surface area (Å²) in [5.74, 6) is 0.669. The summed E-state index contributed by atoms with van der Waals surface area (Å²) in [6.45, 7) is 9.52. The van der Waals surface area contributed by atoms with Gasteiger partial charge in [0.15, 0.2) is 10.9 Å². The summed E-state index contributed by atoms with van der Waals surface area (Å²) in [6.07, 6.45) is 4.04. The molecular weight excluding hydrogens is 488 g/mol. The highest BCUT2D eigenvalue weighted by atomic mass is 35.5. The molecule has 3 aromatic rings. The molecule has 1 aliphatic heterocycles. The first kappa shape index (κ1) is 25.0. The van der Waals surface area contributed by atoms with E-state index >= 15 is 0 Å². The van der Waals surface area contributed by atoms with Crippen LogP contribution in [0.5, 0.6) is 0 Å². The van der Waals surface area contributed by atoms with Crippen molar-refractivity contribution in [2.45, 2.75) is 46.3 Å². The van der Waals surface area contributed by atoms with E-state index in [9.17, 15) is 9.59 Å². The van der Waals surface area contributed by atoms with Crippen molar-refractivity contribution in [2.75, 3.05) is 23.7 Å². The monoisotopic (exact) mass is 516 g/mol. The Morgan fingerprint density at radius 3 is 2.83 bits per heavy atom. The van der Waals surface area contributed by atoms with Crippen LogP contribution in [0, 0.1) is 12.8 Å². The molecule has 0 radical (unpaired) electrons. The van der Waals surface area contributed by atoms with Gasteiger partial charge in [0.25, 0.3) is 5.91 Å². The van der Waals surface area contributed by atoms with Crippen LogP contribution in [0.2, 0.25) is 5.02 Å². The molecule has 1 aromatic carbocycles. The highest BCUT2D eigenvalue weighted by Crippen LogP contribution is 2.28. The first-order chi connectivity index (χ1) is 16.6. The fraction of sp³-hybridized carbons (Fsp3) is 0.417. The lowest BCUT2D eigenvalue weighted by atomic mass is 10.1. The number of halogens is 1. The highest BCUT2D eigenvalue weighted by molar-refractivity contribution is 7.17. The van der Waals surface area contributed by atoms with Crippen molar-refractivity contribution >= 4 is 51.6 Å². The van der Waals surface area contributed by atoms with E-state index in [1.165, 1.54) is 17.5 Å². The van der Waals surface area contributed by atoms with Crippen molar-refractivity contribution in [1.82, 2.24) is 19.7 Å². The molecule has 3 heterocycles. The van der Waals surface area contributed by atoms with Crippen molar-refractivity contribution in [3.8, 4) is 0 Å². The summed E-state index contributed by atoms with van der Waals surface area (Å²) in [7, 11) is 0. The molecule has 0 spiro atoms. The molecule has 9 nitrogen and oxygen atoms in total. The number of aromatic nitrogens is 3. The summed E-state index contributed by atoms with van der Waals surface area (Å²) in [5, 5.41) is 11.6. The molecule has 11 heteroatoms. The molecule has 1 atom stereocenters. The number of carbonyl (C=O) groups excluding carboxylic acids is 2. The molecule has 1 fully saturated rings. The third-order valence-corrected chi connectivity index (χ3v) is 6.67. The molecule has 0 aliphatic carbocycles. The summed E-state index contributed by atoms with van der Waals surface area (Å²) in [4.78, 5) is 31.4. The fourth-order valence-electron chi connectivity index (χ4n) is 3.78. The van der Waals surface area contributed by atoms with Gasteiger partial charge >= 0.3 is 6.09 Å². The van der Waals surface area contributed by atoms with E-state index in [2.05, 4.69) is 20.7 Å². The average Bonchev–Trinajstić information content (AvgIpc) is 3.52. The topological polar surface area (TPSA) is 101 Å². The van der Waals surface area contributed by atoms with E-state index in [0.717, 1.165) is 12.0 Å². The SMILES string of the molecule is Cc1cccc(Cl)c1NC(=O)c1cnc(Nc2ccn(CC3CCN(C(=O)OC(C)(C)C)C3)n2)s1.